The molecule has 1 amide bonds. The normalized spacial score (nSPS) is 15.9. The summed E-state index contributed by atoms with van der Waals surface area (Å²) in [5, 5.41) is 4.07. The van der Waals surface area contributed by atoms with E-state index >= 15 is 0 Å². The monoisotopic (exact) mass is 484 g/mol. The van der Waals surface area contributed by atoms with Crippen LogP contribution in [0.15, 0.2) is 60.8 Å². The number of hydrogen-bond acceptors (Lipinski definition) is 5. The van der Waals surface area contributed by atoms with Gasteiger partial charge in [-0.05, 0) is 48.4 Å². The van der Waals surface area contributed by atoms with Gasteiger partial charge in [-0.25, -0.2) is 13.5 Å². The third kappa shape index (κ3) is 4.42. The molecule has 1 fully saturated rings. The van der Waals surface area contributed by atoms with E-state index < -0.39 is 23.0 Å². The van der Waals surface area contributed by atoms with Crippen molar-refractivity contribution in [1.82, 2.24) is 14.7 Å². The molecule has 1 unspecified atom stereocenters. The number of nitrogen functional groups attached to an aromatic ring is 1. The molecule has 2 aromatic heterocycles. The van der Waals surface area contributed by atoms with E-state index in [-0.39, 0.29) is 18.2 Å². The minimum absolute atomic E-state index is 0.121. The maximum atomic E-state index is 13.8. The third-order valence-corrected chi connectivity index (χ3v) is 6.40. The van der Waals surface area contributed by atoms with Gasteiger partial charge in [-0.15, -0.1) is 11.3 Å². The van der Waals surface area contributed by atoms with Crippen molar-refractivity contribution in [3.8, 4) is 16.3 Å². The molecular weight excluding hydrogens is 465 g/mol. The van der Waals surface area contributed by atoms with E-state index in [1.54, 1.807) is 29.3 Å². The highest BCUT2D eigenvalue weighted by atomic mass is 32.1. The molecule has 1 atom stereocenters. The van der Waals surface area contributed by atoms with Gasteiger partial charge in [0.25, 0.3) is 5.91 Å². The molecule has 3 heterocycles. The molecule has 1 saturated heterocycles. The van der Waals surface area contributed by atoms with Crippen LogP contribution < -0.4 is 5.73 Å². The van der Waals surface area contributed by atoms with E-state index in [0.717, 1.165) is 35.1 Å². The Morgan fingerprint density at radius 1 is 1.06 bits per heavy atom. The Morgan fingerprint density at radius 3 is 2.47 bits per heavy atom. The highest BCUT2D eigenvalue weighted by Gasteiger charge is 2.36. The average Bonchev–Trinajstić information content (AvgIpc) is 3.51. The Labute approximate surface area is 197 Å². The van der Waals surface area contributed by atoms with Crippen LogP contribution in [-0.4, -0.2) is 33.7 Å². The Bertz CT molecular complexity index is 1330. The first kappa shape index (κ1) is 22.2. The number of hydrogen-bond donors (Lipinski definition) is 1. The predicted octanol–water partition coefficient (Wildman–Crippen LogP) is 4.70. The molecule has 2 aromatic carbocycles. The first-order valence-corrected chi connectivity index (χ1v) is 11.3. The Hall–Kier alpha value is -3.63. The number of benzene rings is 2. The maximum absolute atomic E-state index is 13.8. The molecule has 0 spiro atoms. The van der Waals surface area contributed by atoms with Crippen molar-refractivity contribution in [2.45, 2.75) is 12.6 Å². The molecule has 1 aliphatic heterocycles. The zero-order valence-corrected chi connectivity index (χ0v) is 18.6. The van der Waals surface area contributed by atoms with E-state index in [1.807, 2.05) is 12.1 Å². The number of carbonyl (C=O) groups excluding carboxylic acids is 1. The summed E-state index contributed by atoms with van der Waals surface area (Å²) in [6, 6.07) is 13.3. The highest BCUT2D eigenvalue weighted by molar-refractivity contribution is 7.13. The lowest BCUT2D eigenvalue weighted by atomic mass is 10.1. The number of nitrogens with zero attached hydrogens (tertiary/aromatic N) is 3. The second-order valence-corrected chi connectivity index (χ2v) is 8.89. The summed E-state index contributed by atoms with van der Waals surface area (Å²) in [6.45, 7) is 0.246. The van der Waals surface area contributed by atoms with Gasteiger partial charge in [0.05, 0.1) is 10.6 Å². The van der Waals surface area contributed by atoms with Crippen molar-refractivity contribution in [3.05, 3.63) is 88.7 Å². The summed E-state index contributed by atoms with van der Waals surface area (Å²) in [6.07, 6.45) is 1.34. The molecule has 0 aliphatic carbocycles. The van der Waals surface area contributed by atoms with Gasteiger partial charge in [-0.1, -0.05) is 12.1 Å². The van der Waals surface area contributed by atoms with Gasteiger partial charge in [-0.2, -0.15) is 9.49 Å². The van der Waals surface area contributed by atoms with Gasteiger partial charge >= 0.3 is 0 Å². The zero-order chi connectivity index (χ0) is 23.8. The van der Waals surface area contributed by atoms with E-state index in [1.165, 1.54) is 10.7 Å². The van der Waals surface area contributed by atoms with Gasteiger partial charge in [0.2, 0.25) is 0 Å². The number of rotatable bonds is 6. The molecule has 174 valence electrons. The second-order valence-electron chi connectivity index (χ2n) is 7.85. The molecule has 2 N–H and O–H groups in total. The number of aromatic nitrogens is 2. The average molecular weight is 485 g/mol. The van der Waals surface area contributed by atoms with Crippen molar-refractivity contribution >= 4 is 22.9 Å². The molecule has 1 aliphatic rings. The van der Waals surface area contributed by atoms with Gasteiger partial charge in [0.15, 0.2) is 11.4 Å². The van der Waals surface area contributed by atoms with E-state index in [4.69, 9.17) is 10.5 Å². The van der Waals surface area contributed by atoms with Crippen molar-refractivity contribution in [2.24, 2.45) is 0 Å². The number of halogens is 3. The minimum atomic E-state index is -0.784. The van der Waals surface area contributed by atoms with Crippen LogP contribution in [0, 0.1) is 16.8 Å². The lowest BCUT2D eigenvalue weighted by Gasteiger charge is -2.23. The highest BCUT2D eigenvalue weighted by Crippen LogP contribution is 2.37. The number of anilines is 1. The summed E-state index contributed by atoms with van der Waals surface area (Å²) in [4.78, 5) is 14.7. The fraction of sp³-hybridized carbons (Fsp3) is 0.167. The van der Waals surface area contributed by atoms with Gasteiger partial charge < -0.3 is 15.4 Å². The number of amides is 1. The zero-order valence-electron chi connectivity index (χ0n) is 17.7. The van der Waals surface area contributed by atoms with Gasteiger partial charge in [0, 0.05) is 30.1 Å². The van der Waals surface area contributed by atoms with Crippen LogP contribution in [0.25, 0.3) is 16.3 Å². The second kappa shape index (κ2) is 8.96. The van der Waals surface area contributed by atoms with Crippen LogP contribution in [0.1, 0.15) is 17.4 Å². The Balaban J connectivity index is 1.51. The molecule has 6 nitrogen and oxygen atoms in total. The van der Waals surface area contributed by atoms with Gasteiger partial charge in [-0.3, -0.25) is 4.79 Å². The maximum Gasteiger partial charge on any atom is 0.250 e. The van der Waals surface area contributed by atoms with Crippen LogP contribution in [0.5, 0.6) is 0 Å². The first-order valence-electron chi connectivity index (χ1n) is 10.4. The minimum Gasteiger partial charge on any atom is -0.399 e. The smallest absolute Gasteiger partial charge is 0.250 e. The van der Waals surface area contributed by atoms with Crippen LogP contribution in [-0.2, 0) is 16.0 Å². The summed E-state index contributed by atoms with van der Waals surface area (Å²) in [5.74, 6) is -1.71. The van der Waals surface area contributed by atoms with Crippen molar-refractivity contribution < 1.29 is 22.7 Å². The van der Waals surface area contributed by atoms with Gasteiger partial charge in [0.1, 0.15) is 23.9 Å². The number of thiophene rings is 1. The Morgan fingerprint density at radius 2 is 1.79 bits per heavy atom. The van der Waals surface area contributed by atoms with Crippen molar-refractivity contribution in [3.63, 3.8) is 0 Å². The molecule has 0 saturated carbocycles. The summed E-state index contributed by atoms with van der Waals surface area (Å²) < 4.78 is 48.6. The van der Waals surface area contributed by atoms with Crippen LogP contribution in [0.3, 0.4) is 0 Å². The largest absolute Gasteiger partial charge is 0.399 e. The summed E-state index contributed by atoms with van der Waals surface area (Å²) in [5.41, 5.74) is 8.41. The molecule has 10 heteroatoms. The Kier molecular flexibility index (Phi) is 5.84. The SMILES string of the molecule is Nc1ccc(CCN2C(=O)COC2c2cn(-c3cc(F)cc(F)c3)nc2-c2ccc(F)s2)cc1. The summed E-state index contributed by atoms with van der Waals surface area (Å²) >= 11 is 0.881. The fourth-order valence-electron chi connectivity index (χ4n) is 3.89. The fourth-order valence-corrected chi connectivity index (χ4v) is 4.63. The molecule has 0 bridgehead atoms. The van der Waals surface area contributed by atoms with Crippen LogP contribution in [0.2, 0.25) is 0 Å². The predicted molar refractivity (Wildman–Crippen MR) is 122 cm³/mol. The lowest BCUT2D eigenvalue weighted by molar-refractivity contribution is -0.128. The molecule has 5 rings (SSSR count). The molecule has 0 radical (unpaired) electrons. The van der Waals surface area contributed by atoms with Crippen LogP contribution in [0.4, 0.5) is 18.9 Å². The molecular formula is C24H19F3N4O2S. The van der Waals surface area contributed by atoms with Crippen molar-refractivity contribution in [2.75, 3.05) is 18.9 Å². The quantitative estimate of drug-likeness (QED) is 0.403. The topological polar surface area (TPSA) is 73.4 Å². The first-order chi connectivity index (χ1) is 16.4. The molecule has 34 heavy (non-hydrogen) atoms. The van der Waals surface area contributed by atoms with Crippen molar-refractivity contribution in [1.29, 1.82) is 0 Å². The lowest BCUT2D eigenvalue weighted by Crippen LogP contribution is -2.30. The third-order valence-electron chi connectivity index (χ3n) is 5.52. The van der Waals surface area contributed by atoms with E-state index in [9.17, 15) is 18.0 Å². The number of ether oxygens (including phenoxy) is 1. The molecule has 4 aromatic rings. The van der Waals surface area contributed by atoms with Crippen LogP contribution >= 0.6 is 11.3 Å². The number of carbonyl (C=O) groups is 1. The van der Waals surface area contributed by atoms with E-state index in [2.05, 4.69) is 5.10 Å². The summed E-state index contributed by atoms with van der Waals surface area (Å²) in [7, 11) is 0. The number of nitrogens with two attached hydrogens (primary N) is 1. The standard InChI is InChI=1S/C24H19F3N4O2S/c25-15-9-16(26)11-18(10-15)31-12-19(23(29-31)20-5-6-21(27)34-20)24-30(22(32)13-33-24)8-7-14-1-3-17(28)4-2-14/h1-6,9-12,24H,7-8,13,28H2. The van der Waals surface area contributed by atoms with E-state index in [0.29, 0.717) is 34.8 Å².